The lowest BCUT2D eigenvalue weighted by atomic mass is 10.1. The van der Waals surface area contributed by atoms with Crippen LogP contribution >= 0.6 is 34.8 Å². The molecular formula is C17H11Cl3N2O. The number of nitrogens with one attached hydrogen (secondary N) is 2. The molecule has 3 aromatic rings. The lowest BCUT2D eigenvalue weighted by Gasteiger charge is -2.12. The number of amides is 2. The van der Waals surface area contributed by atoms with Crippen LogP contribution < -0.4 is 10.6 Å². The van der Waals surface area contributed by atoms with E-state index in [0.29, 0.717) is 16.4 Å². The number of hydrogen-bond acceptors (Lipinski definition) is 1. The molecule has 0 aliphatic heterocycles. The summed E-state index contributed by atoms with van der Waals surface area (Å²) in [7, 11) is 0. The summed E-state index contributed by atoms with van der Waals surface area (Å²) in [5.41, 5.74) is 1.01. The Bertz CT molecular complexity index is 868. The van der Waals surface area contributed by atoms with Crippen molar-refractivity contribution in [2.45, 2.75) is 0 Å². The number of rotatable bonds is 2. The molecule has 3 aromatic carbocycles. The molecule has 0 saturated carbocycles. The van der Waals surface area contributed by atoms with E-state index in [1.165, 1.54) is 12.1 Å². The molecule has 0 aliphatic rings. The highest BCUT2D eigenvalue weighted by molar-refractivity contribution is 6.42. The van der Waals surface area contributed by atoms with Gasteiger partial charge in [-0.2, -0.15) is 0 Å². The molecule has 0 radical (unpaired) electrons. The average Bonchev–Trinajstić information content (AvgIpc) is 2.51. The third kappa shape index (κ3) is 3.53. The first-order chi connectivity index (χ1) is 11.0. The molecule has 0 aromatic heterocycles. The molecule has 3 nitrogen and oxygen atoms in total. The fourth-order valence-corrected chi connectivity index (χ4v) is 3.17. The van der Waals surface area contributed by atoms with Crippen LogP contribution in [0.1, 0.15) is 0 Å². The van der Waals surface area contributed by atoms with E-state index in [1.807, 2.05) is 42.5 Å². The number of halogens is 3. The fourth-order valence-electron chi connectivity index (χ4n) is 2.26. The molecule has 3 rings (SSSR count). The molecule has 23 heavy (non-hydrogen) atoms. The maximum absolute atomic E-state index is 12.2. The summed E-state index contributed by atoms with van der Waals surface area (Å²) in [6.45, 7) is 0. The molecule has 6 heteroatoms. The van der Waals surface area contributed by atoms with E-state index in [1.54, 1.807) is 0 Å². The number of anilines is 2. The van der Waals surface area contributed by atoms with Gasteiger partial charge in [-0.05, 0) is 23.6 Å². The van der Waals surface area contributed by atoms with Gasteiger partial charge in [0.1, 0.15) is 0 Å². The van der Waals surface area contributed by atoms with Crippen molar-refractivity contribution in [1.82, 2.24) is 0 Å². The Hall–Kier alpha value is -1.94. The van der Waals surface area contributed by atoms with Crippen LogP contribution in [0.2, 0.25) is 15.1 Å². The number of carbonyl (C=O) groups is 1. The molecular weight excluding hydrogens is 355 g/mol. The highest BCUT2D eigenvalue weighted by atomic mass is 35.5. The van der Waals surface area contributed by atoms with Crippen molar-refractivity contribution in [1.29, 1.82) is 0 Å². The smallest absolute Gasteiger partial charge is 0.307 e. The standard InChI is InChI=1S/C17H11Cl3N2O/c18-11-8-13(19)16(14(20)9-11)22-17(23)21-15-7-3-5-10-4-1-2-6-12(10)15/h1-9H,(H2,21,22,23). The second-order valence-corrected chi connectivity index (χ2v) is 6.10. The van der Waals surface area contributed by atoms with Gasteiger partial charge in [-0.15, -0.1) is 0 Å². The van der Waals surface area contributed by atoms with Crippen LogP contribution in [0.15, 0.2) is 54.6 Å². The zero-order valence-electron chi connectivity index (χ0n) is 11.7. The summed E-state index contributed by atoms with van der Waals surface area (Å²) in [4.78, 5) is 12.2. The summed E-state index contributed by atoms with van der Waals surface area (Å²) in [6, 6.07) is 16.0. The van der Waals surface area contributed by atoms with Crippen molar-refractivity contribution < 1.29 is 4.79 Å². The Morgan fingerprint density at radius 3 is 2.22 bits per heavy atom. The predicted molar refractivity (Wildman–Crippen MR) is 98.1 cm³/mol. The number of fused-ring (bicyclic) bond motifs is 1. The van der Waals surface area contributed by atoms with Gasteiger partial charge in [-0.3, -0.25) is 0 Å². The molecule has 0 unspecified atom stereocenters. The SMILES string of the molecule is O=C(Nc1c(Cl)cc(Cl)cc1Cl)Nc1cccc2ccccc12. The van der Waals surface area contributed by atoms with Gasteiger partial charge in [0.05, 0.1) is 21.4 Å². The van der Waals surface area contributed by atoms with Gasteiger partial charge in [-0.1, -0.05) is 71.2 Å². The van der Waals surface area contributed by atoms with Crippen LogP contribution in [0.4, 0.5) is 16.2 Å². The van der Waals surface area contributed by atoms with Crippen molar-refractivity contribution in [3.63, 3.8) is 0 Å². The van der Waals surface area contributed by atoms with E-state index < -0.39 is 6.03 Å². The monoisotopic (exact) mass is 364 g/mol. The number of carbonyl (C=O) groups excluding carboxylic acids is 1. The zero-order valence-corrected chi connectivity index (χ0v) is 14.0. The van der Waals surface area contributed by atoms with Crippen LogP contribution in [0, 0.1) is 0 Å². The summed E-state index contributed by atoms with van der Waals surface area (Å²) in [6.07, 6.45) is 0. The van der Waals surface area contributed by atoms with Crippen molar-refractivity contribution in [2.75, 3.05) is 10.6 Å². The Kier molecular flexibility index (Phi) is 4.62. The number of hydrogen-bond donors (Lipinski definition) is 2. The van der Waals surface area contributed by atoms with E-state index in [4.69, 9.17) is 34.8 Å². The molecule has 2 N–H and O–H groups in total. The minimum absolute atomic E-state index is 0.274. The first-order valence-corrected chi connectivity index (χ1v) is 7.88. The summed E-state index contributed by atoms with van der Waals surface area (Å²) < 4.78 is 0. The summed E-state index contributed by atoms with van der Waals surface area (Å²) in [5, 5.41) is 8.38. The predicted octanol–water partition coefficient (Wildman–Crippen LogP) is 6.44. The lowest BCUT2D eigenvalue weighted by molar-refractivity contribution is 0.262. The highest BCUT2D eigenvalue weighted by Gasteiger charge is 2.12. The second kappa shape index (κ2) is 6.67. The molecule has 0 aliphatic carbocycles. The van der Waals surface area contributed by atoms with Crippen LogP contribution in [-0.2, 0) is 0 Å². The molecule has 0 heterocycles. The van der Waals surface area contributed by atoms with Gasteiger partial charge in [0, 0.05) is 10.4 Å². The van der Waals surface area contributed by atoms with Crippen LogP contribution in [-0.4, -0.2) is 6.03 Å². The van der Waals surface area contributed by atoms with Crippen molar-refractivity contribution in [3.05, 3.63) is 69.7 Å². The first-order valence-electron chi connectivity index (χ1n) is 6.75. The van der Waals surface area contributed by atoms with Gasteiger partial charge in [0.25, 0.3) is 0 Å². The molecule has 0 spiro atoms. The maximum atomic E-state index is 12.2. The molecule has 116 valence electrons. The summed E-state index contributed by atoms with van der Waals surface area (Å²) in [5.74, 6) is 0. The molecule has 0 fully saturated rings. The van der Waals surface area contributed by atoms with E-state index in [0.717, 1.165) is 10.8 Å². The Morgan fingerprint density at radius 1 is 0.826 bits per heavy atom. The summed E-state index contributed by atoms with van der Waals surface area (Å²) >= 11 is 18.0. The topological polar surface area (TPSA) is 41.1 Å². The maximum Gasteiger partial charge on any atom is 0.323 e. The number of benzene rings is 3. The van der Waals surface area contributed by atoms with Crippen molar-refractivity contribution in [2.24, 2.45) is 0 Å². The van der Waals surface area contributed by atoms with Crippen LogP contribution in [0.5, 0.6) is 0 Å². The first kappa shape index (κ1) is 15.9. The van der Waals surface area contributed by atoms with E-state index in [-0.39, 0.29) is 10.0 Å². The normalized spacial score (nSPS) is 10.6. The molecule has 0 saturated heterocycles. The van der Waals surface area contributed by atoms with Crippen LogP contribution in [0.25, 0.3) is 10.8 Å². The van der Waals surface area contributed by atoms with Crippen molar-refractivity contribution >= 4 is 63.0 Å². The van der Waals surface area contributed by atoms with Gasteiger partial charge < -0.3 is 10.6 Å². The molecule has 0 bridgehead atoms. The number of urea groups is 1. The quantitative estimate of drug-likeness (QED) is 0.538. The average molecular weight is 366 g/mol. The Balaban J connectivity index is 1.85. The Morgan fingerprint density at radius 2 is 1.48 bits per heavy atom. The van der Waals surface area contributed by atoms with Gasteiger partial charge >= 0.3 is 6.03 Å². The van der Waals surface area contributed by atoms with Crippen LogP contribution in [0.3, 0.4) is 0 Å². The van der Waals surface area contributed by atoms with E-state index >= 15 is 0 Å². The van der Waals surface area contributed by atoms with E-state index in [2.05, 4.69) is 10.6 Å². The fraction of sp³-hybridized carbons (Fsp3) is 0. The lowest BCUT2D eigenvalue weighted by Crippen LogP contribution is -2.20. The highest BCUT2D eigenvalue weighted by Crippen LogP contribution is 2.34. The van der Waals surface area contributed by atoms with Gasteiger partial charge in [-0.25, -0.2) is 4.79 Å². The minimum Gasteiger partial charge on any atom is -0.307 e. The largest absolute Gasteiger partial charge is 0.323 e. The zero-order chi connectivity index (χ0) is 16.4. The third-order valence-electron chi connectivity index (χ3n) is 3.28. The molecule has 0 atom stereocenters. The van der Waals surface area contributed by atoms with Crippen molar-refractivity contribution in [3.8, 4) is 0 Å². The third-order valence-corrected chi connectivity index (χ3v) is 4.10. The Labute approximate surface area is 148 Å². The minimum atomic E-state index is -0.438. The van der Waals surface area contributed by atoms with Gasteiger partial charge in [0.15, 0.2) is 0 Å². The van der Waals surface area contributed by atoms with Gasteiger partial charge in [0.2, 0.25) is 0 Å². The second-order valence-electron chi connectivity index (χ2n) is 4.85. The molecule has 2 amide bonds. The van der Waals surface area contributed by atoms with E-state index in [9.17, 15) is 4.79 Å².